The molecule has 1 heterocycles. The van der Waals surface area contributed by atoms with Gasteiger partial charge in [-0.2, -0.15) is 0 Å². The highest BCUT2D eigenvalue weighted by Gasteiger charge is 2.23. The molecule has 1 saturated carbocycles. The first-order valence-electron chi connectivity index (χ1n) is 8.91. The number of oxazole rings is 1. The molecule has 134 valence electrons. The number of ether oxygens (including phenoxy) is 1. The number of hydrogen-bond donors (Lipinski definition) is 1. The summed E-state index contributed by atoms with van der Waals surface area (Å²) >= 11 is 0. The van der Waals surface area contributed by atoms with E-state index in [-0.39, 0.29) is 25.0 Å². The van der Waals surface area contributed by atoms with E-state index in [9.17, 15) is 9.59 Å². The van der Waals surface area contributed by atoms with Crippen molar-refractivity contribution in [3.05, 3.63) is 30.2 Å². The van der Waals surface area contributed by atoms with Gasteiger partial charge in [0.2, 0.25) is 0 Å². The molecular formula is C19H24N2O4. The third-order valence-corrected chi connectivity index (χ3v) is 4.70. The highest BCUT2D eigenvalue weighted by atomic mass is 16.5. The molecule has 2 aromatic rings. The normalized spacial score (nSPS) is 20.4. The second-order valence-corrected chi connectivity index (χ2v) is 6.67. The Morgan fingerprint density at radius 1 is 1.28 bits per heavy atom. The molecular weight excluding hydrogens is 320 g/mol. The number of carbonyl (C=O) groups excluding carboxylic acids is 2. The Labute approximate surface area is 146 Å². The van der Waals surface area contributed by atoms with Gasteiger partial charge in [-0.15, -0.1) is 0 Å². The van der Waals surface area contributed by atoms with Gasteiger partial charge in [0, 0.05) is 12.5 Å². The van der Waals surface area contributed by atoms with Crippen LogP contribution in [0.15, 0.2) is 28.7 Å². The Bertz CT molecular complexity index is 707. The van der Waals surface area contributed by atoms with Crippen LogP contribution in [0.3, 0.4) is 0 Å². The smallest absolute Gasteiger partial charge is 0.306 e. The van der Waals surface area contributed by atoms with Crippen molar-refractivity contribution in [1.82, 2.24) is 10.3 Å². The van der Waals surface area contributed by atoms with Gasteiger partial charge >= 0.3 is 5.97 Å². The molecule has 0 bridgehead atoms. The summed E-state index contributed by atoms with van der Waals surface area (Å²) in [4.78, 5) is 28.1. The third kappa shape index (κ3) is 4.81. The summed E-state index contributed by atoms with van der Waals surface area (Å²) in [6.45, 7) is 1.92. The lowest BCUT2D eigenvalue weighted by Gasteiger charge is -2.29. The van der Waals surface area contributed by atoms with Gasteiger partial charge in [-0.1, -0.05) is 31.9 Å². The zero-order chi connectivity index (χ0) is 17.6. The lowest BCUT2D eigenvalue weighted by Crippen LogP contribution is -2.42. The van der Waals surface area contributed by atoms with Crippen molar-refractivity contribution in [2.45, 2.75) is 51.5 Å². The van der Waals surface area contributed by atoms with E-state index in [1.165, 1.54) is 6.42 Å². The number of para-hydroxylation sites is 2. The van der Waals surface area contributed by atoms with Crippen LogP contribution in [0.1, 0.15) is 44.9 Å². The number of carbonyl (C=O) groups is 2. The van der Waals surface area contributed by atoms with Crippen LogP contribution in [0, 0.1) is 5.92 Å². The highest BCUT2D eigenvalue weighted by Crippen LogP contribution is 2.23. The number of aryl methyl sites for hydroxylation is 1. The maximum atomic E-state index is 11.9. The fourth-order valence-corrected chi connectivity index (χ4v) is 3.23. The topological polar surface area (TPSA) is 81.4 Å². The highest BCUT2D eigenvalue weighted by molar-refractivity contribution is 5.80. The summed E-state index contributed by atoms with van der Waals surface area (Å²) in [6, 6.07) is 7.64. The van der Waals surface area contributed by atoms with Crippen LogP contribution in [-0.2, 0) is 20.7 Å². The number of benzene rings is 1. The van der Waals surface area contributed by atoms with E-state index in [2.05, 4.69) is 17.2 Å². The molecule has 0 radical (unpaired) electrons. The number of fused-ring (bicyclic) bond motifs is 1. The molecule has 0 aliphatic heterocycles. The SMILES string of the molecule is C[C@@H]1CCCC[C@H]1NC(=O)COC(=O)CCc1nc2ccccc2o1. The van der Waals surface area contributed by atoms with Crippen LogP contribution in [-0.4, -0.2) is 29.5 Å². The number of aromatic nitrogens is 1. The molecule has 1 aliphatic carbocycles. The number of nitrogens with one attached hydrogen (secondary N) is 1. The molecule has 2 atom stereocenters. The zero-order valence-electron chi connectivity index (χ0n) is 14.5. The Morgan fingerprint density at radius 2 is 2.08 bits per heavy atom. The van der Waals surface area contributed by atoms with E-state index < -0.39 is 5.97 Å². The summed E-state index contributed by atoms with van der Waals surface area (Å²) in [5.41, 5.74) is 1.47. The van der Waals surface area contributed by atoms with Crippen molar-refractivity contribution >= 4 is 23.0 Å². The second kappa shape index (κ2) is 8.14. The minimum atomic E-state index is -0.422. The zero-order valence-corrected chi connectivity index (χ0v) is 14.5. The van der Waals surface area contributed by atoms with Gasteiger partial charge in [0.05, 0.1) is 6.42 Å². The summed E-state index contributed by atoms with van der Waals surface area (Å²) in [5, 5.41) is 2.97. The quantitative estimate of drug-likeness (QED) is 0.815. The van der Waals surface area contributed by atoms with Gasteiger partial charge in [0.15, 0.2) is 18.1 Å². The van der Waals surface area contributed by atoms with Crippen LogP contribution in [0.2, 0.25) is 0 Å². The molecule has 6 nitrogen and oxygen atoms in total. The Balaban J connectivity index is 1.39. The number of amides is 1. The fourth-order valence-electron chi connectivity index (χ4n) is 3.23. The maximum Gasteiger partial charge on any atom is 0.306 e. The standard InChI is InChI=1S/C19H24N2O4/c1-13-6-2-3-7-14(13)20-17(22)12-24-19(23)11-10-18-21-15-8-4-5-9-16(15)25-18/h4-5,8-9,13-14H,2-3,6-7,10-12H2,1H3,(H,20,22)/t13-,14-/m1/s1. The summed E-state index contributed by atoms with van der Waals surface area (Å²) in [6.07, 6.45) is 4.99. The number of rotatable bonds is 6. The Kier molecular flexibility index (Phi) is 5.68. The monoisotopic (exact) mass is 344 g/mol. The average Bonchev–Trinajstić information content (AvgIpc) is 3.03. The van der Waals surface area contributed by atoms with Crippen molar-refractivity contribution in [3.63, 3.8) is 0 Å². The predicted octanol–water partition coefficient (Wildman–Crippen LogP) is 3.00. The van der Waals surface area contributed by atoms with E-state index in [1.807, 2.05) is 24.3 Å². The van der Waals surface area contributed by atoms with Crippen molar-refractivity contribution in [2.75, 3.05) is 6.61 Å². The molecule has 1 aromatic heterocycles. The lowest BCUT2D eigenvalue weighted by atomic mass is 9.86. The first-order valence-corrected chi connectivity index (χ1v) is 8.91. The van der Waals surface area contributed by atoms with Crippen molar-refractivity contribution in [3.8, 4) is 0 Å². The number of hydrogen-bond acceptors (Lipinski definition) is 5. The molecule has 1 amide bonds. The molecule has 0 saturated heterocycles. The van der Waals surface area contributed by atoms with Crippen molar-refractivity contribution in [2.24, 2.45) is 5.92 Å². The van der Waals surface area contributed by atoms with Gasteiger partial charge in [0.1, 0.15) is 5.52 Å². The molecule has 0 unspecified atom stereocenters. The molecule has 3 rings (SSSR count). The first kappa shape index (κ1) is 17.5. The van der Waals surface area contributed by atoms with Crippen molar-refractivity contribution < 1.29 is 18.7 Å². The fraction of sp³-hybridized carbons (Fsp3) is 0.526. The van der Waals surface area contributed by atoms with Gasteiger partial charge in [-0.3, -0.25) is 9.59 Å². The van der Waals surface area contributed by atoms with Crippen LogP contribution < -0.4 is 5.32 Å². The van der Waals surface area contributed by atoms with E-state index in [4.69, 9.17) is 9.15 Å². The van der Waals surface area contributed by atoms with Gasteiger partial charge in [-0.05, 0) is 30.9 Å². The molecule has 6 heteroatoms. The maximum absolute atomic E-state index is 11.9. The molecule has 1 N–H and O–H groups in total. The van der Waals surface area contributed by atoms with Crippen molar-refractivity contribution in [1.29, 1.82) is 0 Å². The Hall–Kier alpha value is -2.37. The van der Waals surface area contributed by atoms with E-state index in [1.54, 1.807) is 0 Å². The summed E-state index contributed by atoms with van der Waals surface area (Å²) in [7, 11) is 0. The summed E-state index contributed by atoms with van der Waals surface area (Å²) in [5.74, 6) is 0.328. The minimum absolute atomic E-state index is 0.139. The average molecular weight is 344 g/mol. The molecule has 1 fully saturated rings. The van der Waals surface area contributed by atoms with E-state index in [0.717, 1.165) is 24.8 Å². The lowest BCUT2D eigenvalue weighted by molar-refractivity contribution is -0.148. The molecule has 1 aliphatic rings. The third-order valence-electron chi connectivity index (χ3n) is 4.70. The largest absolute Gasteiger partial charge is 0.456 e. The number of nitrogens with zero attached hydrogens (tertiary/aromatic N) is 1. The first-order chi connectivity index (χ1) is 12.1. The van der Waals surface area contributed by atoms with Crippen LogP contribution in [0.5, 0.6) is 0 Å². The minimum Gasteiger partial charge on any atom is -0.456 e. The van der Waals surface area contributed by atoms with Gasteiger partial charge < -0.3 is 14.5 Å². The van der Waals surface area contributed by atoms with E-state index in [0.29, 0.717) is 23.8 Å². The van der Waals surface area contributed by atoms with Gasteiger partial charge in [-0.25, -0.2) is 4.98 Å². The molecule has 0 spiro atoms. The van der Waals surface area contributed by atoms with Crippen LogP contribution >= 0.6 is 0 Å². The summed E-state index contributed by atoms with van der Waals surface area (Å²) < 4.78 is 10.6. The number of esters is 1. The van der Waals surface area contributed by atoms with E-state index >= 15 is 0 Å². The van der Waals surface area contributed by atoms with Crippen LogP contribution in [0.25, 0.3) is 11.1 Å². The van der Waals surface area contributed by atoms with Gasteiger partial charge in [0.25, 0.3) is 5.91 Å². The molecule has 25 heavy (non-hydrogen) atoms. The predicted molar refractivity (Wildman–Crippen MR) is 92.9 cm³/mol. The molecule has 1 aromatic carbocycles. The second-order valence-electron chi connectivity index (χ2n) is 6.67. The van der Waals surface area contributed by atoms with Crippen LogP contribution in [0.4, 0.5) is 0 Å². The Morgan fingerprint density at radius 3 is 2.88 bits per heavy atom.